The van der Waals surface area contributed by atoms with Gasteiger partial charge in [-0.05, 0) is 79.2 Å². The molecule has 6 rings (SSSR count). The molecule has 2 aromatic heterocycles. The van der Waals surface area contributed by atoms with Crippen LogP contribution < -0.4 is 15.5 Å². The Morgan fingerprint density at radius 3 is 1.76 bits per heavy atom. The van der Waals surface area contributed by atoms with Gasteiger partial charge in [0.15, 0.2) is 0 Å². The number of hydrogen-bond acceptors (Lipinski definition) is 6. The van der Waals surface area contributed by atoms with Crippen molar-refractivity contribution in [1.82, 2.24) is 10.6 Å². The third kappa shape index (κ3) is 4.41. The fourth-order valence-corrected chi connectivity index (χ4v) is 6.47. The van der Waals surface area contributed by atoms with Gasteiger partial charge in [0.25, 0.3) is 11.8 Å². The number of anilines is 3. The van der Waals surface area contributed by atoms with E-state index in [1.165, 1.54) is 28.5 Å². The molecule has 0 spiro atoms. The average molecular weight is 524 g/mol. The summed E-state index contributed by atoms with van der Waals surface area (Å²) in [7, 11) is 0. The smallest absolute Gasteiger partial charge is 0.302 e. The number of barbiturate groups is 1. The van der Waals surface area contributed by atoms with E-state index in [-0.39, 0.29) is 5.57 Å². The van der Waals surface area contributed by atoms with Crippen LogP contribution in [0, 0.1) is 13.8 Å². The summed E-state index contributed by atoms with van der Waals surface area (Å²) in [6.07, 6.45) is 1.53. The number of nitrogens with one attached hydrogen (secondary N) is 2. The molecule has 1 aliphatic heterocycles. The normalized spacial score (nSPS) is 13.7. The summed E-state index contributed by atoms with van der Waals surface area (Å²) in [6, 6.07) is 24.7. The van der Waals surface area contributed by atoms with Crippen LogP contribution in [0.5, 0.6) is 0 Å². The van der Waals surface area contributed by atoms with E-state index in [4.69, 9.17) is 0 Å². The molecule has 37 heavy (non-hydrogen) atoms. The number of hydrogen-bond donors (Lipinski definition) is 2. The van der Waals surface area contributed by atoms with Crippen molar-refractivity contribution >= 4 is 83.1 Å². The number of aryl methyl sites for hydroxylation is 2. The van der Waals surface area contributed by atoms with Gasteiger partial charge in [0, 0.05) is 25.7 Å². The van der Waals surface area contributed by atoms with Crippen molar-refractivity contribution in [1.29, 1.82) is 0 Å². The molecule has 8 heteroatoms. The first-order chi connectivity index (χ1) is 17.8. The van der Waals surface area contributed by atoms with Crippen molar-refractivity contribution in [3.05, 3.63) is 94.4 Å². The van der Waals surface area contributed by atoms with E-state index in [2.05, 4.69) is 96.1 Å². The molecule has 0 atom stereocenters. The van der Waals surface area contributed by atoms with Crippen molar-refractivity contribution < 1.29 is 14.4 Å². The summed E-state index contributed by atoms with van der Waals surface area (Å²) in [5.41, 5.74) is 4.54. The number of amides is 4. The Hall–Kier alpha value is -4.27. The van der Waals surface area contributed by atoms with E-state index < -0.39 is 17.8 Å². The fourth-order valence-electron chi connectivity index (χ4n) is 4.30. The van der Waals surface area contributed by atoms with Crippen LogP contribution in [0.3, 0.4) is 0 Å². The monoisotopic (exact) mass is 523 g/mol. The minimum atomic E-state index is -0.801. The van der Waals surface area contributed by atoms with E-state index >= 15 is 0 Å². The number of imide groups is 2. The highest BCUT2D eigenvalue weighted by molar-refractivity contribution is 7.23. The second-order valence-corrected chi connectivity index (χ2v) is 11.1. The molecule has 0 bridgehead atoms. The van der Waals surface area contributed by atoms with E-state index in [1.54, 1.807) is 11.3 Å². The predicted molar refractivity (Wildman–Crippen MR) is 151 cm³/mol. The van der Waals surface area contributed by atoms with Crippen LogP contribution >= 0.6 is 22.7 Å². The molecular formula is C29H21N3O3S2. The molecule has 3 heterocycles. The highest BCUT2D eigenvalue weighted by Crippen LogP contribution is 2.43. The summed E-state index contributed by atoms with van der Waals surface area (Å²) in [5.74, 6) is -1.38. The van der Waals surface area contributed by atoms with Crippen LogP contribution in [0.1, 0.15) is 16.0 Å². The second-order valence-electron chi connectivity index (χ2n) is 8.96. The Balaban J connectivity index is 1.41. The van der Waals surface area contributed by atoms with Crippen LogP contribution in [0.25, 0.3) is 26.2 Å². The highest BCUT2D eigenvalue weighted by Gasteiger charge is 2.28. The summed E-state index contributed by atoms with van der Waals surface area (Å²) in [4.78, 5) is 38.6. The largest absolute Gasteiger partial charge is 0.328 e. The first-order valence-corrected chi connectivity index (χ1v) is 13.3. The maximum absolute atomic E-state index is 12.1. The Morgan fingerprint density at radius 2 is 1.19 bits per heavy atom. The van der Waals surface area contributed by atoms with E-state index in [1.807, 2.05) is 6.07 Å². The predicted octanol–water partition coefficient (Wildman–Crippen LogP) is 6.95. The molecule has 0 unspecified atom stereocenters. The summed E-state index contributed by atoms with van der Waals surface area (Å²) < 4.78 is 2.19. The van der Waals surface area contributed by atoms with Gasteiger partial charge in [-0.15, -0.1) is 22.7 Å². The molecule has 4 amide bonds. The maximum Gasteiger partial charge on any atom is 0.328 e. The highest BCUT2D eigenvalue weighted by atomic mass is 32.1. The summed E-state index contributed by atoms with van der Waals surface area (Å²) in [5, 5.41) is 7.48. The van der Waals surface area contributed by atoms with Crippen LogP contribution in [0.4, 0.5) is 21.2 Å². The lowest BCUT2D eigenvalue weighted by Gasteiger charge is -2.23. The van der Waals surface area contributed by atoms with Gasteiger partial charge in [-0.25, -0.2) is 4.79 Å². The minimum absolute atomic E-state index is 0.0814. The van der Waals surface area contributed by atoms with E-state index in [0.29, 0.717) is 0 Å². The van der Waals surface area contributed by atoms with Gasteiger partial charge in [0.2, 0.25) is 0 Å². The van der Waals surface area contributed by atoms with Crippen LogP contribution in [-0.2, 0) is 9.59 Å². The number of nitrogens with zero attached hydrogens (tertiary/aromatic N) is 1. The minimum Gasteiger partial charge on any atom is -0.302 e. The van der Waals surface area contributed by atoms with Gasteiger partial charge in [0.1, 0.15) is 10.6 Å². The standard InChI is InChI=1S/C29H21N3O3S2/c1-16-3-7-20(8-4-16)32(21-9-5-17(2)6-10-21)26-14-19-13-24-18(12-25(19)37-26)11-22(36-24)15-23-27(33)30-29(35)31-28(23)34/h3-15H,1-2H3,(H2,30,31,33,34,35). The molecule has 2 N–H and O–H groups in total. The zero-order valence-corrected chi connectivity index (χ0v) is 21.6. The van der Waals surface area contributed by atoms with Crippen molar-refractivity contribution in [3.8, 4) is 0 Å². The number of rotatable bonds is 4. The first-order valence-electron chi connectivity index (χ1n) is 11.6. The molecule has 1 fully saturated rings. The van der Waals surface area contributed by atoms with Crippen LogP contribution in [0.2, 0.25) is 0 Å². The molecule has 182 valence electrons. The van der Waals surface area contributed by atoms with E-state index in [0.717, 1.165) is 41.4 Å². The molecule has 1 aliphatic rings. The van der Waals surface area contributed by atoms with Gasteiger partial charge in [-0.3, -0.25) is 20.2 Å². The Morgan fingerprint density at radius 1 is 0.676 bits per heavy atom. The third-order valence-electron chi connectivity index (χ3n) is 6.20. The Kier molecular flexibility index (Phi) is 5.62. The topological polar surface area (TPSA) is 78.5 Å². The molecule has 6 nitrogen and oxygen atoms in total. The van der Waals surface area contributed by atoms with Gasteiger partial charge >= 0.3 is 6.03 Å². The molecule has 3 aromatic carbocycles. The van der Waals surface area contributed by atoms with Crippen LogP contribution in [-0.4, -0.2) is 17.8 Å². The summed E-state index contributed by atoms with van der Waals surface area (Å²) in [6.45, 7) is 4.17. The molecule has 5 aromatic rings. The quantitative estimate of drug-likeness (QED) is 0.197. The molecule has 0 aliphatic carbocycles. The van der Waals surface area contributed by atoms with Gasteiger partial charge in [0.05, 0.1) is 0 Å². The number of urea groups is 1. The van der Waals surface area contributed by atoms with Gasteiger partial charge in [-0.1, -0.05) is 35.4 Å². The summed E-state index contributed by atoms with van der Waals surface area (Å²) >= 11 is 3.21. The number of thiophene rings is 2. The fraction of sp³-hybridized carbons (Fsp3) is 0.0690. The Bertz CT molecular complexity index is 1630. The lowest BCUT2D eigenvalue weighted by atomic mass is 10.1. The van der Waals surface area contributed by atoms with Gasteiger partial charge in [-0.2, -0.15) is 0 Å². The molecule has 0 saturated carbocycles. The number of carbonyl (C=O) groups excluding carboxylic acids is 3. The third-order valence-corrected chi connectivity index (χ3v) is 8.32. The lowest BCUT2D eigenvalue weighted by molar-refractivity contribution is -0.123. The SMILES string of the molecule is Cc1ccc(N(c2ccc(C)cc2)c2cc3cc4sc(C=C5C(=O)NC(=O)NC5=O)cc4cc3s2)cc1. The molecule has 1 saturated heterocycles. The molecule has 0 radical (unpaired) electrons. The van der Waals surface area contributed by atoms with Crippen molar-refractivity contribution in [3.63, 3.8) is 0 Å². The number of fused-ring (bicyclic) bond motifs is 2. The van der Waals surface area contributed by atoms with Crippen molar-refractivity contribution in [2.24, 2.45) is 0 Å². The van der Waals surface area contributed by atoms with Crippen molar-refractivity contribution in [2.75, 3.05) is 4.90 Å². The zero-order valence-electron chi connectivity index (χ0n) is 20.0. The second kappa shape index (κ2) is 8.99. The average Bonchev–Trinajstić information content (AvgIpc) is 3.44. The zero-order chi connectivity index (χ0) is 25.7. The lowest BCUT2D eigenvalue weighted by Crippen LogP contribution is -2.51. The van der Waals surface area contributed by atoms with E-state index in [9.17, 15) is 14.4 Å². The Labute approximate surface area is 220 Å². The van der Waals surface area contributed by atoms with Crippen molar-refractivity contribution in [2.45, 2.75) is 13.8 Å². The number of benzene rings is 3. The molecular weight excluding hydrogens is 502 g/mol. The van der Waals surface area contributed by atoms with Crippen LogP contribution in [0.15, 0.2) is 78.4 Å². The first kappa shape index (κ1) is 23.1. The maximum atomic E-state index is 12.1. The number of carbonyl (C=O) groups is 3. The van der Waals surface area contributed by atoms with Gasteiger partial charge < -0.3 is 4.90 Å².